The molecule has 0 spiro atoms. The van der Waals surface area contributed by atoms with E-state index < -0.39 is 6.16 Å². The van der Waals surface area contributed by atoms with Gasteiger partial charge in [-0.3, -0.25) is 4.84 Å². The van der Waals surface area contributed by atoms with Crippen molar-refractivity contribution < 1.29 is 14.4 Å². The first-order valence-corrected chi connectivity index (χ1v) is 8.71. The maximum atomic E-state index is 12.0. The first-order chi connectivity index (χ1) is 13.1. The molecule has 0 aliphatic carbocycles. The van der Waals surface area contributed by atoms with Gasteiger partial charge in [-0.15, -0.1) is 0 Å². The number of carbonyl (C=O) groups excluding carboxylic acids is 1. The maximum Gasteiger partial charge on any atom is 0.535 e. The minimum Gasteiger partial charge on any atom is -0.428 e. The van der Waals surface area contributed by atoms with Gasteiger partial charge in [0, 0.05) is 11.1 Å². The minimum absolute atomic E-state index is 0.142. The summed E-state index contributed by atoms with van der Waals surface area (Å²) < 4.78 is 5.19. The highest BCUT2D eigenvalue weighted by molar-refractivity contribution is 6.12. The summed E-state index contributed by atoms with van der Waals surface area (Å²) in [5, 5.41) is 4.05. The van der Waals surface area contributed by atoms with Gasteiger partial charge in [-0.05, 0) is 19.4 Å². The fourth-order valence-corrected chi connectivity index (χ4v) is 2.87. The summed E-state index contributed by atoms with van der Waals surface area (Å²) in [7, 11) is 0. The lowest BCUT2D eigenvalue weighted by Gasteiger charge is -2.08. The van der Waals surface area contributed by atoms with Crippen LogP contribution in [-0.4, -0.2) is 11.9 Å². The Kier molecular flexibility index (Phi) is 6.00. The second-order valence-electron chi connectivity index (χ2n) is 6.30. The molecule has 0 saturated heterocycles. The molecule has 3 aromatic carbocycles. The lowest BCUT2D eigenvalue weighted by molar-refractivity contribution is 0.0520. The number of aryl methyl sites for hydroxylation is 2. The predicted molar refractivity (Wildman–Crippen MR) is 106 cm³/mol. The van der Waals surface area contributed by atoms with Crippen LogP contribution in [0.3, 0.4) is 0 Å². The first kappa shape index (κ1) is 18.4. The number of benzene rings is 3. The summed E-state index contributed by atoms with van der Waals surface area (Å²) in [6, 6.07) is 25.1. The van der Waals surface area contributed by atoms with Gasteiger partial charge < -0.3 is 4.74 Å². The Hall–Kier alpha value is -3.40. The molecule has 0 saturated carbocycles. The number of hydrogen-bond acceptors (Lipinski definition) is 4. The molecule has 0 atom stereocenters. The molecule has 4 heteroatoms. The zero-order valence-electron chi connectivity index (χ0n) is 15.4. The molecule has 4 nitrogen and oxygen atoms in total. The van der Waals surface area contributed by atoms with Crippen molar-refractivity contribution in [2.45, 2.75) is 20.5 Å². The third-order valence-corrected chi connectivity index (χ3v) is 3.94. The summed E-state index contributed by atoms with van der Waals surface area (Å²) in [5.74, 6) is 0. The zero-order valence-corrected chi connectivity index (χ0v) is 15.4. The van der Waals surface area contributed by atoms with E-state index in [1.807, 2.05) is 86.6 Å². The molecule has 0 aliphatic heterocycles. The highest BCUT2D eigenvalue weighted by atomic mass is 16.8. The molecule has 0 amide bonds. The second-order valence-corrected chi connectivity index (χ2v) is 6.30. The molecule has 27 heavy (non-hydrogen) atoms. The van der Waals surface area contributed by atoms with Crippen molar-refractivity contribution in [1.82, 2.24) is 0 Å². The van der Waals surface area contributed by atoms with Gasteiger partial charge in [0.15, 0.2) is 0 Å². The number of nitrogens with zero attached hydrogens (tertiary/aromatic N) is 1. The van der Waals surface area contributed by atoms with E-state index in [9.17, 15) is 4.79 Å². The Morgan fingerprint density at radius 2 is 1.33 bits per heavy atom. The Bertz CT molecular complexity index is 873. The van der Waals surface area contributed by atoms with E-state index in [4.69, 9.17) is 9.57 Å². The largest absolute Gasteiger partial charge is 0.535 e. The van der Waals surface area contributed by atoms with Crippen LogP contribution in [0.25, 0.3) is 0 Å². The molecule has 0 unspecified atom stereocenters. The van der Waals surface area contributed by atoms with Crippen molar-refractivity contribution in [2.75, 3.05) is 0 Å². The number of carbonyl (C=O) groups is 1. The smallest absolute Gasteiger partial charge is 0.428 e. The second kappa shape index (κ2) is 8.81. The predicted octanol–water partition coefficient (Wildman–Crippen LogP) is 5.41. The average molecular weight is 359 g/mol. The van der Waals surface area contributed by atoms with E-state index >= 15 is 0 Å². The molecule has 0 fully saturated rings. The molecule has 0 radical (unpaired) electrons. The van der Waals surface area contributed by atoms with Gasteiger partial charge in [0.25, 0.3) is 0 Å². The molecule has 0 N–H and O–H groups in total. The van der Waals surface area contributed by atoms with Crippen LogP contribution in [-0.2, 0) is 16.2 Å². The van der Waals surface area contributed by atoms with Crippen LogP contribution < -0.4 is 0 Å². The molecule has 0 heterocycles. The van der Waals surface area contributed by atoms with Crippen LogP contribution in [0.4, 0.5) is 4.79 Å². The van der Waals surface area contributed by atoms with E-state index in [0.717, 1.165) is 27.8 Å². The number of oxime groups is 1. The lowest BCUT2D eigenvalue weighted by atomic mass is 10.0. The van der Waals surface area contributed by atoms with E-state index in [-0.39, 0.29) is 6.61 Å². The van der Waals surface area contributed by atoms with Crippen LogP contribution in [0.1, 0.15) is 27.8 Å². The van der Waals surface area contributed by atoms with Crippen molar-refractivity contribution >= 4 is 11.9 Å². The number of ether oxygens (including phenoxy) is 1. The number of hydrogen-bond donors (Lipinski definition) is 0. The van der Waals surface area contributed by atoms with Crippen molar-refractivity contribution in [3.05, 3.63) is 107 Å². The molecule has 3 rings (SSSR count). The highest BCUT2D eigenvalue weighted by Gasteiger charge is 2.10. The summed E-state index contributed by atoms with van der Waals surface area (Å²) in [4.78, 5) is 17.0. The van der Waals surface area contributed by atoms with E-state index in [2.05, 4.69) is 11.2 Å². The standard InChI is InChI=1S/C23H21NO3/c1-17-13-18(2)15-19(14-17)16-26-23(25)27-24-22(20-9-5-3-6-10-20)21-11-7-4-8-12-21/h3-15H,16H2,1-2H3. The topological polar surface area (TPSA) is 47.9 Å². The van der Waals surface area contributed by atoms with E-state index in [1.165, 1.54) is 0 Å². The van der Waals surface area contributed by atoms with Crippen molar-refractivity contribution in [2.24, 2.45) is 5.16 Å². The van der Waals surface area contributed by atoms with Gasteiger partial charge in [-0.25, -0.2) is 4.79 Å². The minimum atomic E-state index is -0.835. The van der Waals surface area contributed by atoms with Crippen molar-refractivity contribution in [3.8, 4) is 0 Å². The molecular formula is C23H21NO3. The van der Waals surface area contributed by atoms with Gasteiger partial charge in [-0.2, -0.15) is 0 Å². The molecule has 0 aromatic heterocycles. The molecule has 0 bridgehead atoms. The normalized spacial score (nSPS) is 10.1. The molecule has 136 valence electrons. The van der Waals surface area contributed by atoms with Crippen LogP contribution >= 0.6 is 0 Å². The Labute approximate surface area is 159 Å². The van der Waals surface area contributed by atoms with Gasteiger partial charge in [-0.1, -0.05) is 95.1 Å². The monoisotopic (exact) mass is 359 g/mol. The molecular weight excluding hydrogens is 338 g/mol. The van der Waals surface area contributed by atoms with Gasteiger partial charge >= 0.3 is 6.16 Å². The van der Waals surface area contributed by atoms with E-state index in [0.29, 0.717) is 5.71 Å². The Morgan fingerprint density at radius 3 is 1.85 bits per heavy atom. The summed E-state index contributed by atoms with van der Waals surface area (Å²) in [5.41, 5.74) is 5.43. The van der Waals surface area contributed by atoms with E-state index in [1.54, 1.807) is 0 Å². The first-order valence-electron chi connectivity index (χ1n) is 8.71. The lowest BCUT2D eigenvalue weighted by Crippen LogP contribution is -2.09. The van der Waals surface area contributed by atoms with Crippen LogP contribution in [0, 0.1) is 13.8 Å². The fraction of sp³-hybridized carbons (Fsp3) is 0.130. The van der Waals surface area contributed by atoms with Gasteiger partial charge in [0.05, 0.1) is 0 Å². The third kappa shape index (κ3) is 5.28. The van der Waals surface area contributed by atoms with Crippen molar-refractivity contribution in [1.29, 1.82) is 0 Å². The summed E-state index contributed by atoms with van der Waals surface area (Å²) >= 11 is 0. The van der Waals surface area contributed by atoms with Crippen LogP contribution in [0.2, 0.25) is 0 Å². The fourth-order valence-electron chi connectivity index (χ4n) is 2.87. The average Bonchev–Trinajstić information content (AvgIpc) is 2.67. The SMILES string of the molecule is Cc1cc(C)cc(COC(=O)ON=C(c2ccccc2)c2ccccc2)c1. The van der Waals surface area contributed by atoms with Crippen LogP contribution in [0.15, 0.2) is 84.0 Å². The quantitative estimate of drug-likeness (QED) is 0.265. The highest BCUT2D eigenvalue weighted by Crippen LogP contribution is 2.13. The van der Waals surface area contributed by atoms with Crippen molar-refractivity contribution in [3.63, 3.8) is 0 Å². The molecule has 0 aliphatic rings. The van der Waals surface area contributed by atoms with Crippen LogP contribution in [0.5, 0.6) is 0 Å². The Balaban J connectivity index is 1.71. The number of rotatable bonds is 5. The zero-order chi connectivity index (χ0) is 19.1. The maximum absolute atomic E-state index is 12.0. The summed E-state index contributed by atoms with van der Waals surface area (Å²) in [6.45, 7) is 4.15. The van der Waals surface area contributed by atoms with Gasteiger partial charge in [0.2, 0.25) is 0 Å². The summed E-state index contributed by atoms with van der Waals surface area (Å²) in [6.07, 6.45) is -0.835. The Morgan fingerprint density at radius 1 is 0.815 bits per heavy atom. The third-order valence-electron chi connectivity index (χ3n) is 3.94. The molecule has 3 aromatic rings. The van der Waals surface area contributed by atoms with Gasteiger partial charge in [0.1, 0.15) is 12.3 Å².